The van der Waals surface area contributed by atoms with Crippen LogP contribution in [0.3, 0.4) is 0 Å². The highest BCUT2D eigenvalue weighted by atomic mass is 79.9. The number of rotatable bonds is 4. The molecule has 1 heterocycles. The number of nitrogens with zero attached hydrogens (tertiary/aromatic N) is 1. The minimum atomic E-state index is 0.687. The molecule has 94 valence electrons. The van der Waals surface area contributed by atoms with E-state index in [4.69, 9.17) is 4.74 Å². The fraction of sp³-hybridized carbons (Fsp3) is 0.214. The van der Waals surface area contributed by atoms with E-state index in [1.54, 1.807) is 7.11 Å². The van der Waals surface area contributed by atoms with Crippen molar-refractivity contribution in [2.75, 3.05) is 12.4 Å². The van der Waals surface area contributed by atoms with E-state index >= 15 is 0 Å². The highest BCUT2D eigenvalue weighted by molar-refractivity contribution is 9.10. The maximum absolute atomic E-state index is 5.20. The quantitative estimate of drug-likeness (QED) is 0.933. The number of hydrogen-bond donors (Lipinski definition) is 1. The summed E-state index contributed by atoms with van der Waals surface area (Å²) in [6.07, 6.45) is 1.87. The van der Waals surface area contributed by atoms with Crippen LogP contribution in [0.15, 0.2) is 41.0 Å². The van der Waals surface area contributed by atoms with Crippen LogP contribution in [-0.2, 0) is 6.54 Å². The predicted octanol–water partition coefficient (Wildman–Crippen LogP) is 3.77. The minimum Gasteiger partial charge on any atom is -0.497 e. The van der Waals surface area contributed by atoms with Crippen molar-refractivity contribution in [3.05, 3.63) is 52.3 Å². The summed E-state index contributed by atoms with van der Waals surface area (Å²) in [4.78, 5) is 4.36. The van der Waals surface area contributed by atoms with Gasteiger partial charge in [0, 0.05) is 16.7 Å². The predicted molar refractivity (Wildman–Crippen MR) is 77.0 cm³/mol. The van der Waals surface area contributed by atoms with Crippen LogP contribution in [0.4, 0.5) is 5.69 Å². The Labute approximate surface area is 115 Å². The topological polar surface area (TPSA) is 34.1 Å². The van der Waals surface area contributed by atoms with Crippen LogP contribution < -0.4 is 10.1 Å². The molecule has 4 heteroatoms. The Morgan fingerprint density at radius 1 is 1.28 bits per heavy atom. The SMILES string of the molecule is COc1ccc(Br)c(NCc2ccc(C)cn2)c1. The zero-order chi connectivity index (χ0) is 13.0. The molecule has 1 aromatic carbocycles. The van der Waals surface area contributed by atoms with E-state index in [0.717, 1.165) is 21.6 Å². The van der Waals surface area contributed by atoms with E-state index in [2.05, 4.69) is 32.3 Å². The monoisotopic (exact) mass is 306 g/mol. The van der Waals surface area contributed by atoms with Gasteiger partial charge in [-0.05, 0) is 46.6 Å². The highest BCUT2D eigenvalue weighted by Gasteiger charge is 2.02. The molecule has 0 radical (unpaired) electrons. The van der Waals surface area contributed by atoms with Gasteiger partial charge in [-0.1, -0.05) is 6.07 Å². The van der Waals surface area contributed by atoms with Crippen molar-refractivity contribution in [1.82, 2.24) is 4.98 Å². The summed E-state index contributed by atoms with van der Waals surface area (Å²) in [5.74, 6) is 0.831. The fourth-order valence-corrected chi connectivity index (χ4v) is 1.94. The molecule has 0 atom stereocenters. The Morgan fingerprint density at radius 3 is 2.78 bits per heavy atom. The number of ether oxygens (including phenoxy) is 1. The van der Waals surface area contributed by atoms with Crippen LogP contribution >= 0.6 is 15.9 Å². The van der Waals surface area contributed by atoms with Crippen molar-refractivity contribution >= 4 is 21.6 Å². The fourth-order valence-electron chi connectivity index (χ4n) is 1.56. The highest BCUT2D eigenvalue weighted by Crippen LogP contribution is 2.27. The maximum atomic E-state index is 5.20. The van der Waals surface area contributed by atoms with Gasteiger partial charge in [-0.15, -0.1) is 0 Å². The van der Waals surface area contributed by atoms with Gasteiger partial charge in [-0.3, -0.25) is 4.98 Å². The molecule has 0 unspecified atom stereocenters. The average molecular weight is 307 g/mol. The van der Waals surface area contributed by atoms with Gasteiger partial charge in [0.25, 0.3) is 0 Å². The number of aromatic nitrogens is 1. The number of halogens is 1. The lowest BCUT2D eigenvalue weighted by atomic mass is 10.2. The zero-order valence-corrected chi connectivity index (χ0v) is 12.0. The second kappa shape index (κ2) is 5.87. The summed E-state index contributed by atoms with van der Waals surface area (Å²) >= 11 is 3.51. The molecule has 2 rings (SSSR count). The Balaban J connectivity index is 2.07. The zero-order valence-electron chi connectivity index (χ0n) is 10.4. The van der Waals surface area contributed by atoms with Crippen molar-refractivity contribution in [2.24, 2.45) is 0 Å². The first-order valence-electron chi connectivity index (χ1n) is 5.68. The van der Waals surface area contributed by atoms with Gasteiger partial charge in [0.05, 0.1) is 25.0 Å². The Kier molecular flexibility index (Phi) is 4.20. The lowest BCUT2D eigenvalue weighted by molar-refractivity contribution is 0.415. The molecule has 0 saturated heterocycles. The number of aryl methyl sites for hydroxylation is 1. The summed E-state index contributed by atoms with van der Waals surface area (Å²) in [6, 6.07) is 9.92. The van der Waals surface area contributed by atoms with Crippen LogP contribution in [0.5, 0.6) is 5.75 Å². The first-order chi connectivity index (χ1) is 8.69. The van der Waals surface area contributed by atoms with Crippen molar-refractivity contribution in [2.45, 2.75) is 13.5 Å². The summed E-state index contributed by atoms with van der Waals surface area (Å²) in [5, 5.41) is 3.33. The number of methoxy groups -OCH3 is 1. The van der Waals surface area contributed by atoms with E-state index in [1.165, 1.54) is 5.56 Å². The molecule has 0 aliphatic rings. The third-order valence-electron chi connectivity index (χ3n) is 2.61. The lowest BCUT2D eigenvalue weighted by Gasteiger charge is -2.10. The molecule has 0 spiro atoms. The van der Waals surface area contributed by atoms with E-state index in [1.807, 2.05) is 37.4 Å². The maximum Gasteiger partial charge on any atom is 0.121 e. The standard InChI is InChI=1S/C14H15BrN2O/c1-10-3-4-11(16-8-10)9-17-14-7-12(18-2)5-6-13(14)15/h3-8,17H,9H2,1-2H3. The number of pyridine rings is 1. The summed E-state index contributed by atoms with van der Waals surface area (Å²) in [5.41, 5.74) is 3.17. The molecule has 3 nitrogen and oxygen atoms in total. The van der Waals surface area contributed by atoms with E-state index < -0.39 is 0 Å². The number of nitrogens with one attached hydrogen (secondary N) is 1. The van der Waals surface area contributed by atoms with Gasteiger partial charge < -0.3 is 10.1 Å². The molecule has 18 heavy (non-hydrogen) atoms. The van der Waals surface area contributed by atoms with Crippen molar-refractivity contribution in [3.63, 3.8) is 0 Å². The molecule has 0 aliphatic carbocycles. The molecular weight excluding hydrogens is 292 g/mol. The molecule has 1 aromatic heterocycles. The van der Waals surface area contributed by atoms with Gasteiger partial charge >= 0.3 is 0 Å². The van der Waals surface area contributed by atoms with Crippen molar-refractivity contribution in [1.29, 1.82) is 0 Å². The van der Waals surface area contributed by atoms with E-state index in [9.17, 15) is 0 Å². The van der Waals surface area contributed by atoms with Crippen molar-refractivity contribution in [3.8, 4) is 5.75 Å². The summed E-state index contributed by atoms with van der Waals surface area (Å²) in [6.45, 7) is 2.72. The van der Waals surface area contributed by atoms with Crippen LogP contribution in [0.2, 0.25) is 0 Å². The second-order valence-corrected chi connectivity index (χ2v) is 4.88. The van der Waals surface area contributed by atoms with Gasteiger partial charge in [-0.2, -0.15) is 0 Å². The van der Waals surface area contributed by atoms with Crippen LogP contribution in [0.1, 0.15) is 11.3 Å². The van der Waals surface area contributed by atoms with Gasteiger partial charge in [0.2, 0.25) is 0 Å². The number of anilines is 1. The number of benzene rings is 1. The molecule has 0 fully saturated rings. The Bertz CT molecular complexity index is 526. The van der Waals surface area contributed by atoms with Crippen LogP contribution in [-0.4, -0.2) is 12.1 Å². The summed E-state index contributed by atoms with van der Waals surface area (Å²) in [7, 11) is 1.66. The van der Waals surface area contributed by atoms with E-state index in [-0.39, 0.29) is 0 Å². The van der Waals surface area contributed by atoms with Gasteiger partial charge in [0.1, 0.15) is 5.75 Å². The Morgan fingerprint density at radius 2 is 2.11 bits per heavy atom. The smallest absolute Gasteiger partial charge is 0.121 e. The summed E-state index contributed by atoms with van der Waals surface area (Å²) < 4.78 is 6.21. The number of hydrogen-bond acceptors (Lipinski definition) is 3. The third-order valence-corrected chi connectivity index (χ3v) is 3.30. The Hall–Kier alpha value is -1.55. The lowest BCUT2D eigenvalue weighted by Crippen LogP contribution is -2.02. The van der Waals surface area contributed by atoms with Crippen molar-refractivity contribution < 1.29 is 4.74 Å². The molecule has 0 bridgehead atoms. The molecule has 0 amide bonds. The minimum absolute atomic E-state index is 0.687. The van der Waals surface area contributed by atoms with Gasteiger partial charge in [-0.25, -0.2) is 0 Å². The molecule has 2 aromatic rings. The third kappa shape index (κ3) is 3.23. The molecule has 1 N–H and O–H groups in total. The first kappa shape index (κ1) is 12.9. The first-order valence-corrected chi connectivity index (χ1v) is 6.47. The molecule has 0 aliphatic heterocycles. The second-order valence-electron chi connectivity index (χ2n) is 4.03. The van der Waals surface area contributed by atoms with Crippen LogP contribution in [0, 0.1) is 6.92 Å². The van der Waals surface area contributed by atoms with E-state index in [0.29, 0.717) is 6.54 Å². The molecule has 0 saturated carbocycles. The molecular formula is C14H15BrN2O. The van der Waals surface area contributed by atoms with Gasteiger partial charge in [0.15, 0.2) is 0 Å². The van der Waals surface area contributed by atoms with Crippen LogP contribution in [0.25, 0.3) is 0 Å². The average Bonchev–Trinajstić information content (AvgIpc) is 2.40. The largest absolute Gasteiger partial charge is 0.497 e. The normalized spacial score (nSPS) is 10.2.